The van der Waals surface area contributed by atoms with Gasteiger partial charge in [-0.15, -0.1) is 0 Å². The molecule has 5 heteroatoms. The van der Waals surface area contributed by atoms with Gasteiger partial charge in [-0.25, -0.2) is 0 Å². The number of nitrogens with two attached hydrogens (primary N) is 1. The van der Waals surface area contributed by atoms with Crippen molar-refractivity contribution < 1.29 is 13.2 Å². The summed E-state index contributed by atoms with van der Waals surface area (Å²) in [5, 5.41) is -0.289. The maximum atomic E-state index is 12.5. The molecular weight excluding hydrogens is 251 g/mol. The first-order valence-electron chi connectivity index (χ1n) is 5.24. The Kier molecular flexibility index (Phi) is 2.53. The summed E-state index contributed by atoms with van der Waals surface area (Å²) in [6.45, 7) is 3.97. The molecule has 1 unspecified atom stereocenters. The second kappa shape index (κ2) is 3.39. The highest BCUT2D eigenvalue weighted by molar-refractivity contribution is 6.31. The normalized spacial score (nSPS) is 27.0. The Bertz CT molecular complexity index is 467. The van der Waals surface area contributed by atoms with Gasteiger partial charge >= 0.3 is 6.18 Å². The monoisotopic (exact) mass is 263 g/mol. The molecule has 2 N–H and O–H groups in total. The lowest BCUT2D eigenvalue weighted by Crippen LogP contribution is -2.25. The summed E-state index contributed by atoms with van der Waals surface area (Å²) in [4.78, 5) is 0. The van der Waals surface area contributed by atoms with Crippen LogP contribution in [0.15, 0.2) is 18.2 Å². The van der Waals surface area contributed by atoms with Crippen LogP contribution in [0.5, 0.6) is 0 Å². The Morgan fingerprint density at radius 1 is 1.29 bits per heavy atom. The minimum atomic E-state index is -4.42. The van der Waals surface area contributed by atoms with Crippen molar-refractivity contribution in [1.82, 2.24) is 0 Å². The van der Waals surface area contributed by atoms with Crippen molar-refractivity contribution in [1.29, 1.82) is 0 Å². The second-order valence-corrected chi connectivity index (χ2v) is 5.63. The van der Waals surface area contributed by atoms with Gasteiger partial charge in [0.2, 0.25) is 0 Å². The zero-order chi connectivity index (χ0) is 13.1. The van der Waals surface area contributed by atoms with Crippen molar-refractivity contribution in [2.24, 2.45) is 11.1 Å². The topological polar surface area (TPSA) is 26.0 Å². The van der Waals surface area contributed by atoms with Gasteiger partial charge in [-0.1, -0.05) is 31.5 Å². The molecule has 0 saturated heterocycles. The smallest absolute Gasteiger partial charge is 0.321 e. The van der Waals surface area contributed by atoms with Gasteiger partial charge in [-0.3, -0.25) is 0 Å². The van der Waals surface area contributed by atoms with Gasteiger partial charge in [-0.05, 0) is 29.5 Å². The van der Waals surface area contributed by atoms with E-state index in [4.69, 9.17) is 17.3 Å². The largest absolute Gasteiger partial charge is 0.417 e. The summed E-state index contributed by atoms with van der Waals surface area (Å²) in [6, 6.07) is 3.75. The first-order valence-corrected chi connectivity index (χ1v) is 5.62. The van der Waals surface area contributed by atoms with Gasteiger partial charge in [0, 0.05) is 5.54 Å². The number of hydrogen-bond donors (Lipinski definition) is 1. The predicted octanol–water partition coefficient (Wildman–Crippen LogP) is 3.94. The average Bonchev–Trinajstić information content (AvgIpc) is 2.65. The summed E-state index contributed by atoms with van der Waals surface area (Å²) >= 11 is 5.67. The standard InChI is InChI=1S/C12H13ClF3N/c1-10(2)6-11(10,17)7-3-4-8(9(13)5-7)12(14,15)16/h3-5H,6,17H2,1-2H3. The van der Waals surface area contributed by atoms with Crippen LogP contribution in [-0.4, -0.2) is 0 Å². The Balaban J connectivity index is 2.40. The van der Waals surface area contributed by atoms with E-state index in [1.54, 1.807) is 0 Å². The van der Waals surface area contributed by atoms with Crippen molar-refractivity contribution in [3.05, 3.63) is 34.3 Å². The number of hydrogen-bond acceptors (Lipinski definition) is 1. The summed E-state index contributed by atoms with van der Waals surface area (Å²) in [6.07, 6.45) is -3.67. The fraction of sp³-hybridized carbons (Fsp3) is 0.500. The molecule has 17 heavy (non-hydrogen) atoms. The quantitative estimate of drug-likeness (QED) is 0.816. The molecule has 0 aromatic heterocycles. The van der Waals surface area contributed by atoms with E-state index in [2.05, 4.69) is 0 Å². The number of halogens is 4. The second-order valence-electron chi connectivity index (χ2n) is 5.22. The van der Waals surface area contributed by atoms with Gasteiger partial charge in [0.1, 0.15) is 0 Å². The summed E-state index contributed by atoms with van der Waals surface area (Å²) in [7, 11) is 0. The van der Waals surface area contributed by atoms with Gasteiger partial charge in [0.15, 0.2) is 0 Å². The van der Waals surface area contributed by atoms with Crippen LogP contribution in [0.4, 0.5) is 13.2 Å². The highest BCUT2D eigenvalue weighted by Gasteiger charge is 2.59. The van der Waals surface area contributed by atoms with E-state index in [1.165, 1.54) is 12.1 Å². The molecule has 0 bridgehead atoms. The molecule has 0 amide bonds. The molecule has 1 atom stereocenters. The molecule has 0 spiro atoms. The molecule has 2 rings (SSSR count). The van der Waals surface area contributed by atoms with E-state index in [9.17, 15) is 13.2 Å². The van der Waals surface area contributed by atoms with E-state index < -0.39 is 17.3 Å². The minimum absolute atomic E-state index is 0.0872. The molecular formula is C12H13ClF3N. The van der Waals surface area contributed by atoms with Crippen LogP contribution in [0.25, 0.3) is 0 Å². The summed E-state index contributed by atoms with van der Waals surface area (Å²) in [5.41, 5.74) is 5.34. The predicted molar refractivity (Wildman–Crippen MR) is 60.7 cm³/mol. The van der Waals surface area contributed by atoms with Crippen LogP contribution in [0.2, 0.25) is 5.02 Å². The number of alkyl halides is 3. The molecule has 0 radical (unpaired) electrons. The molecule has 1 nitrogen and oxygen atoms in total. The van der Waals surface area contributed by atoms with Crippen molar-refractivity contribution in [3.8, 4) is 0 Å². The maximum absolute atomic E-state index is 12.5. The van der Waals surface area contributed by atoms with Crippen molar-refractivity contribution >= 4 is 11.6 Å². The Morgan fingerprint density at radius 2 is 1.82 bits per heavy atom. The Hall–Kier alpha value is -0.740. The van der Waals surface area contributed by atoms with Crippen LogP contribution in [0, 0.1) is 5.41 Å². The first kappa shape index (κ1) is 12.7. The maximum Gasteiger partial charge on any atom is 0.417 e. The fourth-order valence-corrected chi connectivity index (χ4v) is 2.46. The number of benzene rings is 1. The third-order valence-electron chi connectivity index (χ3n) is 3.59. The zero-order valence-electron chi connectivity index (χ0n) is 9.53. The van der Waals surface area contributed by atoms with Crippen molar-refractivity contribution in [2.75, 3.05) is 0 Å². The molecule has 94 valence electrons. The molecule has 0 heterocycles. The third kappa shape index (κ3) is 1.93. The lowest BCUT2D eigenvalue weighted by molar-refractivity contribution is -0.137. The summed E-state index contributed by atoms with van der Waals surface area (Å²) < 4.78 is 37.6. The Morgan fingerprint density at radius 3 is 2.18 bits per heavy atom. The minimum Gasteiger partial charge on any atom is -0.321 e. The fourth-order valence-electron chi connectivity index (χ4n) is 2.17. The van der Waals surface area contributed by atoms with Gasteiger partial charge in [-0.2, -0.15) is 13.2 Å². The summed E-state index contributed by atoms with van der Waals surface area (Å²) in [5.74, 6) is 0. The van der Waals surface area contributed by atoms with Crippen molar-refractivity contribution in [2.45, 2.75) is 32.0 Å². The van der Waals surface area contributed by atoms with E-state index in [-0.39, 0.29) is 10.4 Å². The molecule has 1 aromatic carbocycles. The van der Waals surface area contributed by atoms with Crippen molar-refractivity contribution in [3.63, 3.8) is 0 Å². The van der Waals surface area contributed by atoms with Crippen LogP contribution < -0.4 is 5.73 Å². The molecule has 1 aromatic rings. The Labute approximate surface area is 103 Å². The number of rotatable bonds is 1. The molecule has 1 fully saturated rings. The van der Waals surface area contributed by atoms with Gasteiger partial charge in [0.25, 0.3) is 0 Å². The highest BCUT2D eigenvalue weighted by Crippen LogP contribution is 2.60. The lowest BCUT2D eigenvalue weighted by atomic mass is 9.96. The van der Waals surface area contributed by atoms with E-state index in [0.717, 1.165) is 12.5 Å². The van der Waals surface area contributed by atoms with Crippen LogP contribution in [0.1, 0.15) is 31.4 Å². The molecule has 1 aliphatic carbocycles. The van der Waals surface area contributed by atoms with Gasteiger partial charge < -0.3 is 5.73 Å². The SMILES string of the molecule is CC1(C)CC1(N)c1ccc(C(F)(F)F)c(Cl)c1. The molecule has 0 aliphatic heterocycles. The molecule has 1 aliphatic rings. The van der Waals surface area contributed by atoms with E-state index in [1.807, 2.05) is 13.8 Å². The van der Waals surface area contributed by atoms with E-state index >= 15 is 0 Å². The average molecular weight is 264 g/mol. The first-order chi connectivity index (χ1) is 7.58. The van der Waals surface area contributed by atoms with Gasteiger partial charge in [0.05, 0.1) is 10.6 Å². The molecule has 1 saturated carbocycles. The van der Waals surface area contributed by atoms with Crippen LogP contribution in [0.3, 0.4) is 0 Å². The highest BCUT2D eigenvalue weighted by atomic mass is 35.5. The third-order valence-corrected chi connectivity index (χ3v) is 3.91. The lowest BCUT2D eigenvalue weighted by Gasteiger charge is -2.17. The van der Waals surface area contributed by atoms with Crippen LogP contribution in [-0.2, 0) is 11.7 Å². The van der Waals surface area contributed by atoms with E-state index in [0.29, 0.717) is 5.56 Å². The van der Waals surface area contributed by atoms with Crippen LogP contribution >= 0.6 is 11.6 Å². The zero-order valence-corrected chi connectivity index (χ0v) is 10.3.